The highest BCUT2D eigenvalue weighted by Crippen LogP contribution is 2.16. The number of likely N-dealkylation sites (N-methyl/N-ethyl adjacent to an activating group) is 1. The molecular formula is C15H21N3O. The van der Waals surface area contributed by atoms with Crippen molar-refractivity contribution in [2.75, 3.05) is 20.6 Å². The second-order valence-electron chi connectivity index (χ2n) is 4.98. The number of H-pyrrole nitrogens is 1. The Morgan fingerprint density at radius 3 is 2.84 bits per heavy atom. The second kappa shape index (κ2) is 5.89. The lowest BCUT2D eigenvalue weighted by molar-refractivity contribution is 0.0943. The minimum absolute atomic E-state index is 0.0200. The zero-order chi connectivity index (χ0) is 13.8. The minimum Gasteiger partial charge on any atom is -0.361 e. The van der Waals surface area contributed by atoms with Crippen molar-refractivity contribution < 1.29 is 4.79 Å². The summed E-state index contributed by atoms with van der Waals surface area (Å²) in [5, 5.41) is 4.07. The van der Waals surface area contributed by atoms with Crippen LogP contribution in [-0.2, 0) is 0 Å². The Kier molecular flexibility index (Phi) is 4.22. The van der Waals surface area contributed by atoms with E-state index in [0.29, 0.717) is 18.2 Å². The number of rotatable bonds is 5. The number of aromatic amines is 1. The third-order valence-electron chi connectivity index (χ3n) is 3.53. The van der Waals surface area contributed by atoms with E-state index in [1.807, 2.05) is 44.6 Å². The Morgan fingerprint density at radius 2 is 2.16 bits per heavy atom. The monoisotopic (exact) mass is 259 g/mol. The van der Waals surface area contributed by atoms with Crippen LogP contribution in [0.4, 0.5) is 0 Å². The molecule has 4 heteroatoms. The van der Waals surface area contributed by atoms with Gasteiger partial charge in [0.1, 0.15) is 0 Å². The third-order valence-corrected chi connectivity index (χ3v) is 3.53. The third kappa shape index (κ3) is 2.96. The van der Waals surface area contributed by atoms with Crippen molar-refractivity contribution in [2.24, 2.45) is 0 Å². The van der Waals surface area contributed by atoms with Gasteiger partial charge in [-0.1, -0.05) is 19.1 Å². The second-order valence-corrected chi connectivity index (χ2v) is 4.98. The molecule has 0 fully saturated rings. The van der Waals surface area contributed by atoms with E-state index in [1.165, 1.54) is 0 Å². The molecule has 2 N–H and O–H groups in total. The van der Waals surface area contributed by atoms with Crippen molar-refractivity contribution in [1.82, 2.24) is 15.2 Å². The predicted molar refractivity (Wildman–Crippen MR) is 78.4 cm³/mol. The summed E-state index contributed by atoms with van der Waals surface area (Å²) in [6.45, 7) is 2.79. The summed E-state index contributed by atoms with van der Waals surface area (Å²) >= 11 is 0. The number of amides is 1. The highest BCUT2D eigenvalue weighted by molar-refractivity contribution is 6.05. The van der Waals surface area contributed by atoms with E-state index >= 15 is 0 Å². The van der Waals surface area contributed by atoms with Gasteiger partial charge in [-0.15, -0.1) is 0 Å². The average Bonchev–Trinajstić information content (AvgIpc) is 2.86. The number of carbonyl (C=O) groups is 1. The Hall–Kier alpha value is -1.81. The molecule has 2 rings (SSSR count). The molecule has 1 aromatic heterocycles. The van der Waals surface area contributed by atoms with Gasteiger partial charge in [0.2, 0.25) is 0 Å². The maximum absolute atomic E-state index is 12.2. The number of nitrogens with zero attached hydrogens (tertiary/aromatic N) is 1. The fourth-order valence-electron chi connectivity index (χ4n) is 2.27. The minimum atomic E-state index is -0.0200. The van der Waals surface area contributed by atoms with Gasteiger partial charge in [0.05, 0.1) is 11.1 Å². The van der Waals surface area contributed by atoms with Crippen LogP contribution in [0, 0.1) is 0 Å². The van der Waals surface area contributed by atoms with Gasteiger partial charge >= 0.3 is 0 Å². The molecule has 0 aliphatic rings. The summed E-state index contributed by atoms with van der Waals surface area (Å²) in [5.74, 6) is -0.0200. The number of benzene rings is 1. The van der Waals surface area contributed by atoms with E-state index in [1.54, 1.807) is 0 Å². The fraction of sp³-hybridized carbons (Fsp3) is 0.400. The van der Waals surface area contributed by atoms with E-state index in [9.17, 15) is 4.79 Å². The molecule has 1 amide bonds. The van der Waals surface area contributed by atoms with Crippen LogP contribution in [0.5, 0.6) is 0 Å². The molecule has 1 aromatic carbocycles. The normalized spacial score (nSPS) is 12.8. The number of fused-ring (bicyclic) bond motifs is 1. The van der Waals surface area contributed by atoms with Crippen LogP contribution in [0.2, 0.25) is 0 Å². The fourth-order valence-corrected chi connectivity index (χ4v) is 2.27. The van der Waals surface area contributed by atoms with Gasteiger partial charge in [-0.2, -0.15) is 0 Å². The Balaban J connectivity index is 2.10. The van der Waals surface area contributed by atoms with Crippen molar-refractivity contribution in [1.29, 1.82) is 0 Å². The molecule has 4 nitrogen and oxygen atoms in total. The predicted octanol–water partition coefficient (Wildman–Crippen LogP) is 2.24. The lowest BCUT2D eigenvalue weighted by atomic mass is 10.1. The van der Waals surface area contributed by atoms with E-state index in [-0.39, 0.29) is 5.91 Å². The van der Waals surface area contributed by atoms with Crippen molar-refractivity contribution in [3.05, 3.63) is 36.0 Å². The first-order valence-electron chi connectivity index (χ1n) is 6.64. The molecule has 0 bridgehead atoms. The summed E-state index contributed by atoms with van der Waals surface area (Å²) < 4.78 is 0. The molecule has 19 heavy (non-hydrogen) atoms. The van der Waals surface area contributed by atoms with Crippen molar-refractivity contribution >= 4 is 16.8 Å². The zero-order valence-electron chi connectivity index (χ0n) is 11.7. The molecule has 1 unspecified atom stereocenters. The van der Waals surface area contributed by atoms with Gasteiger partial charge in [0.15, 0.2) is 0 Å². The van der Waals surface area contributed by atoms with Crippen LogP contribution in [0.25, 0.3) is 10.9 Å². The van der Waals surface area contributed by atoms with Gasteiger partial charge in [0, 0.05) is 24.2 Å². The Labute approximate surface area is 113 Å². The first kappa shape index (κ1) is 13.6. The summed E-state index contributed by atoms with van der Waals surface area (Å²) in [6.07, 6.45) is 2.87. The number of aromatic nitrogens is 1. The molecule has 1 atom stereocenters. The first-order chi connectivity index (χ1) is 9.13. The van der Waals surface area contributed by atoms with Gasteiger partial charge in [-0.05, 0) is 32.6 Å². The van der Waals surface area contributed by atoms with E-state index < -0.39 is 0 Å². The number of hydrogen-bond donors (Lipinski definition) is 2. The smallest absolute Gasteiger partial charge is 0.253 e. The van der Waals surface area contributed by atoms with Crippen LogP contribution in [0.3, 0.4) is 0 Å². The molecule has 0 aliphatic carbocycles. The highest BCUT2D eigenvalue weighted by atomic mass is 16.1. The summed E-state index contributed by atoms with van der Waals surface area (Å²) in [4.78, 5) is 17.5. The quantitative estimate of drug-likeness (QED) is 0.865. The standard InChI is InChI=1S/C15H21N3O/c1-4-12(18(2)3)10-17-15(19)13-7-5-6-11-8-9-16-14(11)13/h5-9,12,16H,4,10H2,1-3H3,(H,17,19). The molecule has 0 saturated heterocycles. The van der Waals surface area contributed by atoms with Crippen LogP contribution >= 0.6 is 0 Å². The average molecular weight is 259 g/mol. The van der Waals surface area contributed by atoms with Gasteiger partial charge < -0.3 is 15.2 Å². The summed E-state index contributed by atoms with van der Waals surface area (Å²) in [7, 11) is 4.07. The first-order valence-corrected chi connectivity index (χ1v) is 6.64. The summed E-state index contributed by atoms with van der Waals surface area (Å²) in [5.41, 5.74) is 1.61. The molecule has 1 heterocycles. The number of hydrogen-bond acceptors (Lipinski definition) is 2. The van der Waals surface area contributed by atoms with Crippen molar-refractivity contribution in [3.63, 3.8) is 0 Å². The topological polar surface area (TPSA) is 48.1 Å². The lowest BCUT2D eigenvalue weighted by Gasteiger charge is -2.23. The van der Waals surface area contributed by atoms with E-state index in [2.05, 4.69) is 22.1 Å². The maximum atomic E-state index is 12.2. The van der Waals surface area contributed by atoms with Gasteiger partial charge in [-0.3, -0.25) is 4.79 Å². The maximum Gasteiger partial charge on any atom is 0.253 e. The van der Waals surface area contributed by atoms with Crippen LogP contribution in [-0.4, -0.2) is 42.5 Å². The number of carbonyl (C=O) groups excluding carboxylic acids is 1. The zero-order valence-corrected chi connectivity index (χ0v) is 11.7. The van der Waals surface area contributed by atoms with Gasteiger partial charge in [0.25, 0.3) is 5.91 Å². The van der Waals surface area contributed by atoms with Crippen molar-refractivity contribution in [2.45, 2.75) is 19.4 Å². The van der Waals surface area contributed by atoms with Crippen LogP contribution in [0.15, 0.2) is 30.5 Å². The number of para-hydroxylation sites is 1. The van der Waals surface area contributed by atoms with Crippen LogP contribution < -0.4 is 5.32 Å². The Morgan fingerprint density at radius 1 is 1.37 bits per heavy atom. The molecule has 0 radical (unpaired) electrons. The summed E-state index contributed by atoms with van der Waals surface area (Å²) in [6, 6.07) is 8.10. The molecular weight excluding hydrogens is 238 g/mol. The molecule has 0 saturated carbocycles. The number of nitrogens with one attached hydrogen (secondary N) is 2. The molecule has 2 aromatic rings. The largest absolute Gasteiger partial charge is 0.361 e. The van der Waals surface area contributed by atoms with Crippen molar-refractivity contribution in [3.8, 4) is 0 Å². The lowest BCUT2D eigenvalue weighted by Crippen LogP contribution is -2.39. The highest BCUT2D eigenvalue weighted by Gasteiger charge is 2.13. The molecule has 0 spiro atoms. The van der Waals surface area contributed by atoms with Crippen LogP contribution in [0.1, 0.15) is 23.7 Å². The van der Waals surface area contributed by atoms with E-state index in [4.69, 9.17) is 0 Å². The SMILES string of the molecule is CCC(CNC(=O)c1cccc2cc[nH]c12)N(C)C. The van der Waals surface area contributed by atoms with Gasteiger partial charge in [-0.25, -0.2) is 0 Å². The van der Waals surface area contributed by atoms with E-state index in [0.717, 1.165) is 17.3 Å². The Bertz CT molecular complexity index is 559. The molecule has 102 valence electrons. The molecule has 0 aliphatic heterocycles.